The Kier molecular flexibility index (Phi) is 7.55. The van der Waals surface area contributed by atoms with Gasteiger partial charge in [0.2, 0.25) is 5.91 Å². The van der Waals surface area contributed by atoms with Gasteiger partial charge in [-0.1, -0.05) is 30.3 Å². The molecule has 1 unspecified atom stereocenters. The van der Waals surface area contributed by atoms with Crippen molar-refractivity contribution in [3.63, 3.8) is 0 Å². The molecule has 2 saturated heterocycles. The highest BCUT2D eigenvalue weighted by molar-refractivity contribution is 8.00. The van der Waals surface area contributed by atoms with Crippen molar-refractivity contribution in [2.75, 3.05) is 20.0 Å². The molecule has 8 heteroatoms. The van der Waals surface area contributed by atoms with Gasteiger partial charge in [0.1, 0.15) is 12.1 Å². The smallest absolute Gasteiger partial charge is 0.329 e. The highest BCUT2D eigenvalue weighted by Crippen LogP contribution is 2.36. The van der Waals surface area contributed by atoms with Crippen LogP contribution >= 0.6 is 11.8 Å². The normalized spacial score (nSPS) is 25.1. The van der Waals surface area contributed by atoms with Crippen molar-refractivity contribution in [2.24, 2.45) is 0 Å². The van der Waals surface area contributed by atoms with E-state index in [1.54, 1.807) is 16.7 Å². The maximum absolute atomic E-state index is 13.3. The third kappa shape index (κ3) is 5.11. The maximum atomic E-state index is 13.3. The van der Waals surface area contributed by atoms with Crippen LogP contribution in [0.4, 0.5) is 0 Å². The summed E-state index contributed by atoms with van der Waals surface area (Å²) in [6.07, 6.45) is 3.52. The number of nitrogens with one attached hydrogen (secondary N) is 1. The van der Waals surface area contributed by atoms with Gasteiger partial charge < -0.3 is 14.4 Å². The summed E-state index contributed by atoms with van der Waals surface area (Å²) in [4.78, 5) is 39.4. The van der Waals surface area contributed by atoms with E-state index in [1.165, 1.54) is 14.2 Å². The van der Waals surface area contributed by atoms with Crippen LogP contribution in [0, 0.1) is 0 Å². The predicted molar refractivity (Wildman–Crippen MR) is 110 cm³/mol. The zero-order chi connectivity index (χ0) is 20.8. The van der Waals surface area contributed by atoms with E-state index < -0.39 is 18.1 Å². The van der Waals surface area contributed by atoms with Crippen molar-refractivity contribution >= 4 is 29.6 Å². The van der Waals surface area contributed by atoms with Crippen molar-refractivity contribution in [3.05, 3.63) is 35.9 Å². The Morgan fingerprint density at radius 2 is 1.97 bits per heavy atom. The third-order valence-electron chi connectivity index (χ3n) is 5.51. The zero-order valence-corrected chi connectivity index (χ0v) is 17.7. The van der Waals surface area contributed by atoms with Crippen molar-refractivity contribution in [2.45, 2.75) is 55.6 Å². The summed E-state index contributed by atoms with van der Waals surface area (Å²) in [5.74, 6) is -0.358. The topological polar surface area (TPSA) is 84.9 Å². The molecular weight excluding hydrogens is 392 g/mol. The van der Waals surface area contributed by atoms with Gasteiger partial charge in [-0.25, -0.2) is 4.79 Å². The Morgan fingerprint density at radius 3 is 2.66 bits per heavy atom. The van der Waals surface area contributed by atoms with Crippen molar-refractivity contribution in [1.29, 1.82) is 0 Å². The Hall–Kier alpha value is -2.06. The van der Waals surface area contributed by atoms with Gasteiger partial charge in [-0.3, -0.25) is 14.9 Å². The summed E-state index contributed by atoms with van der Waals surface area (Å²) in [5, 5.41) is 3.22. The lowest BCUT2D eigenvalue weighted by atomic mass is 10.0. The lowest BCUT2D eigenvalue weighted by molar-refractivity contribution is -0.152. The molecule has 7 nitrogen and oxygen atoms in total. The molecule has 0 bridgehead atoms. The number of carbonyl (C=O) groups is 3. The predicted octanol–water partition coefficient (Wildman–Crippen LogP) is 1.75. The molecule has 0 saturated carbocycles. The lowest BCUT2D eigenvalue weighted by Gasteiger charge is -2.30. The first-order valence-electron chi connectivity index (χ1n) is 9.94. The van der Waals surface area contributed by atoms with E-state index in [-0.39, 0.29) is 23.2 Å². The number of benzene rings is 1. The SMILES string of the molecule is COC(=O)C(CCc1ccccc1)N[C@@H]1CCC[C@@H]2SC[C@H](C(=O)OC)N2C1=O. The fourth-order valence-electron chi connectivity index (χ4n) is 3.96. The van der Waals surface area contributed by atoms with Crippen LogP contribution in [-0.4, -0.2) is 66.2 Å². The first-order chi connectivity index (χ1) is 14.0. The van der Waals surface area contributed by atoms with E-state index in [9.17, 15) is 14.4 Å². The third-order valence-corrected chi connectivity index (χ3v) is 6.87. The van der Waals surface area contributed by atoms with Gasteiger partial charge in [0.05, 0.1) is 25.6 Å². The average molecular weight is 421 g/mol. The fourth-order valence-corrected chi connectivity index (χ4v) is 5.41. The number of rotatable bonds is 7. The van der Waals surface area contributed by atoms with Crippen LogP contribution in [0.25, 0.3) is 0 Å². The summed E-state index contributed by atoms with van der Waals surface area (Å²) < 4.78 is 9.86. The standard InChI is InChI=1S/C21H28N2O5S/c1-27-20(25)16(12-11-14-7-4-3-5-8-14)22-15-9-6-10-18-23(19(15)24)17(13-29-18)21(26)28-2/h3-5,7-8,15-18,22H,6,9-13H2,1-2H3/t15-,16?,17-,18+/m1/s1. The molecule has 2 heterocycles. The molecule has 29 heavy (non-hydrogen) atoms. The van der Waals surface area contributed by atoms with Gasteiger partial charge in [-0.2, -0.15) is 0 Å². The summed E-state index contributed by atoms with van der Waals surface area (Å²) in [6.45, 7) is 0. The van der Waals surface area contributed by atoms with Gasteiger partial charge in [-0.15, -0.1) is 11.8 Å². The molecule has 3 rings (SSSR count). The van der Waals surface area contributed by atoms with Crippen molar-refractivity contribution < 1.29 is 23.9 Å². The van der Waals surface area contributed by atoms with E-state index >= 15 is 0 Å². The number of thioether (sulfide) groups is 1. The molecule has 4 atom stereocenters. The molecule has 158 valence electrons. The van der Waals surface area contributed by atoms with Gasteiger partial charge >= 0.3 is 11.9 Å². The number of hydrogen-bond acceptors (Lipinski definition) is 7. The molecule has 2 aliphatic heterocycles. The minimum atomic E-state index is -0.586. The second kappa shape index (κ2) is 10.1. The number of nitrogens with zero attached hydrogens (tertiary/aromatic N) is 1. The number of fused-ring (bicyclic) bond motifs is 1. The molecule has 0 aromatic heterocycles. The second-order valence-electron chi connectivity index (χ2n) is 7.32. The molecule has 1 aromatic carbocycles. The van der Waals surface area contributed by atoms with E-state index in [0.29, 0.717) is 25.0 Å². The number of ether oxygens (including phenoxy) is 2. The highest BCUT2D eigenvalue weighted by atomic mass is 32.2. The van der Waals surface area contributed by atoms with Crippen molar-refractivity contribution in [1.82, 2.24) is 10.2 Å². The Morgan fingerprint density at radius 1 is 1.21 bits per heavy atom. The molecule has 0 spiro atoms. The molecule has 2 aliphatic rings. The molecule has 1 N–H and O–H groups in total. The van der Waals surface area contributed by atoms with Gasteiger partial charge in [0.15, 0.2) is 0 Å². The molecule has 2 fully saturated rings. The molecule has 1 amide bonds. The summed E-state index contributed by atoms with van der Waals surface area (Å²) in [6, 6.07) is 8.22. The summed E-state index contributed by atoms with van der Waals surface area (Å²) >= 11 is 1.62. The first kappa shape index (κ1) is 21.6. The van der Waals surface area contributed by atoms with Crippen LogP contribution in [0.2, 0.25) is 0 Å². The minimum Gasteiger partial charge on any atom is -0.468 e. The number of amides is 1. The Balaban J connectivity index is 1.71. The monoisotopic (exact) mass is 420 g/mol. The fraction of sp³-hybridized carbons (Fsp3) is 0.571. The Bertz CT molecular complexity index is 729. The molecule has 0 radical (unpaired) electrons. The van der Waals surface area contributed by atoms with Gasteiger partial charge in [-0.05, 0) is 37.7 Å². The highest BCUT2D eigenvalue weighted by Gasteiger charge is 2.46. The van der Waals surface area contributed by atoms with Crippen molar-refractivity contribution in [3.8, 4) is 0 Å². The number of aryl methyl sites for hydroxylation is 1. The minimum absolute atomic E-state index is 0.0145. The Labute approximate surface area is 175 Å². The average Bonchev–Trinajstić information content (AvgIpc) is 3.11. The first-order valence-corrected chi connectivity index (χ1v) is 11.0. The summed E-state index contributed by atoms with van der Waals surface area (Å²) in [7, 11) is 2.70. The molecule has 0 aliphatic carbocycles. The molecular formula is C21H28N2O5S. The van der Waals surface area contributed by atoms with Crippen LogP contribution in [0.3, 0.4) is 0 Å². The van der Waals surface area contributed by atoms with E-state index in [4.69, 9.17) is 9.47 Å². The van der Waals surface area contributed by atoms with Crippen LogP contribution in [0.15, 0.2) is 30.3 Å². The largest absolute Gasteiger partial charge is 0.468 e. The van der Waals surface area contributed by atoms with E-state index in [1.807, 2.05) is 30.3 Å². The van der Waals surface area contributed by atoms with Gasteiger partial charge in [0, 0.05) is 5.75 Å². The van der Waals surface area contributed by atoms with Crippen LogP contribution in [-0.2, 0) is 30.3 Å². The van der Waals surface area contributed by atoms with Crippen LogP contribution < -0.4 is 5.32 Å². The van der Waals surface area contributed by atoms with Crippen LogP contribution in [0.5, 0.6) is 0 Å². The number of methoxy groups -OCH3 is 2. The number of carbonyl (C=O) groups excluding carboxylic acids is 3. The second-order valence-corrected chi connectivity index (χ2v) is 8.53. The van der Waals surface area contributed by atoms with E-state index in [0.717, 1.165) is 18.4 Å². The number of esters is 2. The zero-order valence-electron chi connectivity index (χ0n) is 16.8. The summed E-state index contributed by atoms with van der Waals surface area (Å²) in [5.41, 5.74) is 1.12. The lowest BCUT2D eigenvalue weighted by Crippen LogP contribution is -2.55. The quantitative estimate of drug-likeness (QED) is 0.673. The van der Waals surface area contributed by atoms with E-state index in [2.05, 4.69) is 5.32 Å². The number of hydrogen-bond donors (Lipinski definition) is 1. The maximum Gasteiger partial charge on any atom is 0.329 e. The molecule has 1 aromatic rings. The van der Waals surface area contributed by atoms with Crippen LogP contribution in [0.1, 0.15) is 31.2 Å². The van der Waals surface area contributed by atoms with Gasteiger partial charge in [0.25, 0.3) is 0 Å².